The van der Waals surface area contributed by atoms with Crippen LogP contribution in [0.2, 0.25) is 0 Å². The standard InChI is InChI=1S/C53H79NO14/c1-4-5-6-7-8-9-10-11-12-13-14-15-16-17-18-27-48(55)64-33-38(34-65-53(61)50(54)37(2)3)22-19-28-49(56)66-39(35-62-42-23-20-25-44-40(42)29-31-46(67-44)51(57)58)36-63-43-24-21-26-45-41(43)30-32-47(68-45)52(59)60/h20-21,23-26,37-39,46-47,50H,4-19,22,27-36,54H2,1-3H3,(H,57,58)(H,59,60)/t38?,39?,46?,47?,50-/m0/s1. The first-order chi connectivity index (χ1) is 32.9. The molecule has 2 aliphatic rings. The maximum atomic E-state index is 13.5. The summed E-state index contributed by atoms with van der Waals surface area (Å²) in [6, 6.07) is 9.43. The minimum absolute atomic E-state index is 0.00414. The zero-order valence-electron chi connectivity index (χ0n) is 40.9. The highest BCUT2D eigenvalue weighted by molar-refractivity contribution is 5.76. The van der Waals surface area contributed by atoms with Crippen molar-refractivity contribution in [3.63, 3.8) is 0 Å². The van der Waals surface area contributed by atoms with Crippen molar-refractivity contribution < 1.29 is 67.3 Å². The normalized spacial score (nSPS) is 16.5. The molecule has 4 rings (SSSR count). The highest BCUT2D eigenvalue weighted by Crippen LogP contribution is 2.36. The van der Waals surface area contributed by atoms with Crippen molar-refractivity contribution in [3.05, 3.63) is 47.5 Å². The summed E-state index contributed by atoms with van der Waals surface area (Å²) in [5.74, 6) is -2.25. The number of aliphatic carboxylic acids is 2. The molecule has 2 aromatic carbocycles. The van der Waals surface area contributed by atoms with Gasteiger partial charge in [0.25, 0.3) is 0 Å². The summed E-state index contributed by atoms with van der Waals surface area (Å²) in [4.78, 5) is 62.1. The predicted octanol–water partition coefficient (Wildman–Crippen LogP) is 9.73. The first kappa shape index (κ1) is 55.5. The molecule has 0 radical (unpaired) electrons. The summed E-state index contributed by atoms with van der Waals surface area (Å²) in [5, 5.41) is 19.0. The highest BCUT2D eigenvalue weighted by Gasteiger charge is 2.30. The summed E-state index contributed by atoms with van der Waals surface area (Å²) in [7, 11) is 0. The van der Waals surface area contributed by atoms with Gasteiger partial charge in [0.15, 0.2) is 18.3 Å². The van der Waals surface area contributed by atoms with Crippen LogP contribution in [0.15, 0.2) is 36.4 Å². The lowest BCUT2D eigenvalue weighted by Gasteiger charge is -2.27. The van der Waals surface area contributed by atoms with Crippen molar-refractivity contribution in [1.29, 1.82) is 0 Å². The monoisotopic (exact) mass is 954 g/mol. The number of carboxylic acid groups (broad SMARTS) is 2. The van der Waals surface area contributed by atoms with Crippen molar-refractivity contribution in [2.75, 3.05) is 26.4 Å². The molecule has 68 heavy (non-hydrogen) atoms. The van der Waals surface area contributed by atoms with Crippen LogP contribution in [0.5, 0.6) is 23.0 Å². The van der Waals surface area contributed by atoms with Gasteiger partial charge in [-0.3, -0.25) is 14.4 Å². The Labute approximate surface area is 403 Å². The number of rotatable bonds is 35. The number of hydrogen-bond donors (Lipinski definition) is 3. The molecule has 0 spiro atoms. The van der Waals surface area contributed by atoms with Crippen molar-refractivity contribution in [2.24, 2.45) is 17.6 Å². The van der Waals surface area contributed by atoms with Gasteiger partial charge in [-0.2, -0.15) is 0 Å². The number of nitrogens with two attached hydrogens (primary N) is 1. The van der Waals surface area contributed by atoms with E-state index in [0.717, 1.165) is 19.3 Å². The molecule has 2 aliphatic heterocycles. The minimum Gasteiger partial charge on any atom is -0.489 e. The smallest absolute Gasteiger partial charge is 0.344 e. The number of carboxylic acids is 2. The zero-order valence-corrected chi connectivity index (χ0v) is 40.9. The molecular weight excluding hydrogens is 875 g/mol. The fourth-order valence-corrected chi connectivity index (χ4v) is 8.37. The molecule has 0 fully saturated rings. The summed E-state index contributed by atoms with van der Waals surface area (Å²) >= 11 is 0. The molecule has 2 heterocycles. The van der Waals surface area contributed by atoms with E-state index in [1.165, 1.54) is 77.0 Å². The summed E-state index contributed by atoms with van der Waals surface area (Å²) < 4.78 is 40.9. The Morgan fingerprint density at radius 2 is 1.07 bits per heavy atom. The molecule has 4 N–H and O–H groups in total. The molecule has 0 bridgehead atoms. The van der Waals surface area contributed by atoms with Crippen molar-refractivity contribution in [1.82, 2.24) is 0 Å². The van der Waals surface area contributed by atoms with Crippen LogP contribution in [0.1, 0.15) is 167 Å². The molecule has 2 aromatic rings. The van der Waals surface area contributed by atoms with E-state index in [1.54, 1.807) is 36.4 Å². The molecule has 0 aliphatic carbocycles. The van der Waals surface area contributed by atoms with Crippen molar-refractivity contribution in [3.8, 4) is 23.0 Å². The van der Waals surface area contributed by atoms with Crippen LogP contribution in [0, 0.1) is 11.8 Å². The van der Waals surface area contributed by atoms with Gasteiger partial charge in [0.05, 0.1) is 13.2 Å². The third kappa shape index (κ3) is 20.3. The van der Waals surface area contributed by atoms with Gasteiger partial charge in [-0.15, -0.1) is 0 Å². The van der Waals surface area contributed by atoms with Gasteiger partial charge in [0, 0.05) is 29.9 Å². The predicted molar refractivity (Wildman–Crippen MR) is 256 cm³/mol. The lowest BCUT2D eigenvalue weighted by atomic mass is 10.0. The molecule has 15 nitrogen and oxygen atoms in total. The molecule has 0 saturated heterocycles. The summed E-state index contributed by atoms with van der Waals surface area (Å²) in [6.45, 7) is 5.69. The highest BCUT2D eigenvalue weighted by atomic mass is 16.6. The average molecular weight is 954 g/mol. The molecule has 3 unspecified atom stereocenters. The third-order valence-electron chi connectivity index (χ3n) is 12.6. The van der Waals surface area contributed by atoms with E-state index in [4.69, 9.17) is 38.9 Å². The Morgan fingerprint density at radius 3 is 1.54 bits per heavy atom. The first-order valence-corrected chi connectivity index (χ1v) is 25.4. The zero-order chi connectivity index (χ0) is 49.1. The molecule has 15 heteroatoms. The van der Waals surface area contributed by atoms with Gasteiger partial charge in [-0.25, -0.2) is 9.59 Å². The molecule has 4 atom stereocenters. The van der Waals surface area contributed by atoms with Gasteiger partial charge in [0.2, 0.25) is 0 Å². The first-order valence-electron chi connectivity index (χ1n) is 25.4. The molecular formula is C53H79NO14. The van der Waals surface area contributed by atoms with Crippen molar-refractivity contribution >= 4 is 29.8 Å². The number of benzene rings is 2. The topological polar surface area (TPSA) is 216 Å². The minimum atomic E-state index is -1.05. The Balaban J connectivity index is 1.27. The fraction of sp³-hybridized carbons (Fsp3) is 0.679. The van der Waals surface area contributed by atoms with Crippen LogP contribution in [0.4, 0.5) is 0 Å². The molecule has 0 aromatic heterocycles. The van der Waals surface area contributed by atoms with Crippen LogP contribution in [-0.2, 0) is 51.0 Å². The number of carbonyl (C=O) groups is 5. The van der Waals surface area contributed by atoms with Crippen LogP contribution in [0.3, 0.4) is 0 Å². The van der Waals surface area contributed by atoms with Crippen LogP contribution in [0.25, 0.3) is 0 Å². The van der Waals surface area contributed by atoms with Crippen LogP contribution in [-0.4, -0.2) is 90.8 Å². The second-order valence-electron chi connectivity index (χ2n) is 18.7. The van der Waals surface area contributed by atoms with E-state index < -0.39 is 48.2 Å². The Hall–Kier alpha value is -5.05. The Morgan fingerprint density at radius 1 is 0.618 bits per heavy atom. The number of carbonyl (C=O) groups excluding carboxylic acids is 3. The maximum absolute atomic E-state index is 13.5. The second-order valence-corrected chi connectivity index (χ2v) is 18.7. The summed E-state index contributed by atoms with van der Waals surface area (Å²) in [5.41, 5.74) is 7.44. The van der Waals surface area contributed by atoms with Crippen molar-refractivity contribution in [2.45, 2.75) is 193 Å². The number of fused-ring (bicyclic) bond motifs is 2. The summed E-state index contributed by atoms with van der Waals surface area (Å²) in [6.07, 6.45) is 18.1. The van der Waals surface area contributed by atoms with E-state index >= 15 is 0 Å². The van der Waals surface area contributed by atoms with Gasteiger partial charge >= 0.3 is 29.8 Å². The third-order valence-corrected chi connectivity index (χ3v) is 12.6. The van der Waals surface area contributed by atoms with Crippen LogP contribution < -0.4 is 24.7 Å². The van der Waals surface area contributed by atoms with Gasteiger partial charge < -0.3 is 49.1 Å². The quantitative estimate of drug-likeness (QED) is 0.0333. The number of esters is 3. The number of hydrogen-bond acceptors (Lipinski definition) is 13. The SMILES string of the molecule is CCCCCCCCCCCCCCCCCC(=O)OCC(CCCC(=O)OC(COc1cccc2c1CCC(C(=O)O)O2)COc1cccc2c1CCC(C(=O)O)O2)COC(=O)[C@@H](N)C(C)C. The lowest BCUT2D eigenvalue weighted by Crippen LogP contribution is -2.38. The van der Waals surface area contributed by atoms with E-state index in [0.29, 0.717) is 66.2 Å². The van der Waals surface area contributed by atoms with E-state index in [9.17, 15) is 34.2 Å². The Kier molecular flexibility index (Phi) is 25.4. The second kappa shape index (κ2) is 31.2. The Bertz CT molecular complexity index is 1770. The molecule has 0 saturated carbocycles. The van der Waals surface area contributed by atoms with E-state index in [2.05, 4.69) is 6.92 Å². The fourth-order valence-electron chi connectivity index (χ4n) is 8.37. The van der Waals surface area contributed by atoms with Gasteiger partial charge in [0.1, 0.15) is 42.3 Å². The maximum Gasteiger partial charge on any atom is 0.344 e. The molecule has 380 valence electrons. The lowest BCUT2D eigenvalue weighted by molar-refractivity contribution is -0.154. The van der Waals surface area contributed by atoms with Gasteiger partial charge in [-0.1, -0.05) is 123 Å². The molecule has 0 amide bonds. The average Bonchev–Trinajstić information content (AvgIpc) is 3.33. The largest absolute Gasteiger partial charge is 0.489 e. The number of unbranched alkanes of at least 4 members (excludes halogenated alkanes) is 14. The van der Waals surface area contributed by atoms with Crippen LogP contribution >= 0.6 is 0 Å². The number of ether oxygens (including phenoxy) is 7. The van der Waals surface area contributed by atoms with E-state index in [1.807, 2.05) is 13.8 Å². The van der Waals surface area contributed by atoms with Gasteiger partial charge in [-0.05, 0) is 75.1 Å². The van der Waals surface area contributed by atoms with E-state index in [-0.39, 0.29) is 63.5 Å².